The molecule has 1 amide bonds. The summed E-state index contributed by atoms with van der Waals surface area (Å²) in [5.74, 6) is 0.437. The largest absolute Gasteiger partial charge is 0.397 e. The fraction of sp³-hybridized carbons (Fsp3) is 0.308. The lowest BCUT2D eigenvalue weighted by Crippen LogP contribution is -2.22. The van der Waals surface area contributed by atoms with Crippen LogP contribution in [0.4, 0.5) is 11.4 Å². The van der Waals surface area contributed by atoms with Crippen molar-refractivity contribution in [3.8, 4) is 0 Å². The lowest BCUT2D eigenvalue weighted by molar-refractivity contribution is 0.0956. The molecule has 0 fully saturated rings. The molecule has 0 saturated heterocycles. The molecule has 2 rings (SSSR count). The molecule has 4 N–H and O–H groups in total. The average molecular weight is 275 g/mol. The van der Waals surface area contributed by atoms with Crippen LogP contribution in [0.3, 0.4) is 0 Å². The van der Waals surface area contributed by atoms with Crippen molar-refractivity contribution in [1.82, 2.24) is 15.5 Å². The molecule has 7 nitrogen and oxygen atoms in total. The first-order valence-corrected chi connectivity index (χ1v) is 6.38. The second-order valence-corrected chi connectivity index (χ2v) is 4.17. The third-order valence-electron chi connectivity index (χ3n) is 2.71. The van der Waals surface area contributed by atoms with Gasteiger partial charge in [0.05, 0.1) is 11.4 Å². The van der Waals surface area contributed by atoms with Crippen molar-refractivity contribution in [3.63, 3.8) is 0 Å². The van der Waals surface area contributed by atoms with E-state index in [2.05, 4.69) is 20.8 Å². The molecule has 0 radical (unpaired) electrons. The number of amides is 1. The zero-order valence-electron chi connectivity index (χ0n) is 11.2. The summed E-state index contributed by atoms with van der Waals surface area (Å²) >= 11 is 0. The maximum Gasteiger partial charge on any atom is 0.251 e. The molecule has 0 bridgehead atoms. The van der Waals surface area contributed by atoms with Crippen LogP contribution in [0, 0.1) is 0 Å². The molecule has 106 valence electrons. The van der Waals surface area contributed by atoms with Crippen LogP contribution in [0.5, 0.6) is 0 Å². The van der Waals surface area contributed by atoms with Crippen molar-refractivity contribution >= 4 is 17.3 Å². The van der Waals surface area contributed by atoms with Crippen molar-refractivity contribution in [2.24, 2.45) is 0 Å². The Balaban J connectivity index is 1.93. The molecule has 0 aliphatic carbocycles. The van der Waals surface area contributed by atoms with E-state index in [4.69, 9.17) is 10.3 Å². The van der Waals surface area contributed by atoms with Gasteiger partial charge in [0, 0.05) is 25.1 Å². The number of anilines is 2. The van der Waals surface area contributed by atoms with E-state index < -0.39 is 0 Å². The van der Waals surface area contributed by atoms with Crippen LogP contribution < -0.4 is 16.4 Å². The lowest BCUT2D eigenvalue weighted by atomic mass is 10.1. The summed E-state index contributed by atoms with van der Waals surface area (Å²) in [4.78, 5) is 15.6. The first-order chi connectivity index (χ1) is 9.70. The normalized spacial score (nSPS) is 10.2. The minimum Gasteiger partial charge on any atom is -0.397 e. The monoisotopic (exact) mass is 275 g/mol. The quantitative estimate of drug-likeness (QED) is 0.680. The van der Waals surface area contributed by atoms with Gasteiger partial charge in [0.1, 0.15) is 0 Å². The van der Waals surface area contributed by atoms with Crippen LogP contribution in [0.2, 0.25) is 0 Å². The van der Waals surface area contributed by atoms with E-state index in [1.807, 2.05) is 6.92 Å². The molecular weight excluding hydrogens is 258 g/mol. The fourth-order valence-electron chi connectivity index (χ4n) is 1.74. The Bertz CT molecular complexity index is 568. The van der Waals surface area contributed by atoms with Crippen molar-refractivity contribution in [1.29, 1.82) is 0 Å². The molecule has 1 aromatic carbocycles. The highest BCUT2D eigenvalue weighted by atomic mass is 16.5. The number of benzene rings is 1. The number of rotatable bonds is 6. The van der Waals surface area contributed by atoms with Gasteiger partial charge in [-0.2, -0.15) is 4.98 Å². The maximum atomic E-state index is 11.7. The van der Waals surface area contributed by atoms with Gasteiger partial charge in [-0.15, -0.1) is 0 Å². The molecule has 0 aliphatic heterocycles. The number of carbonyl (C=O) groups is 1. The summed E-state index contributed by atoms with van der Waals surface area (Å²) in [6, 6.07) is 5.17. The second kappa shape index (κ2) is 6.55. The van der Waals surface area contributed by atoms with Crippen LogP contribution in [0.15, 0.2) is 29.0 Å². The minimum atomic E-state index is -0.128. The van der Waals surface area contributed by atoms with E-state index in [1.165, 1.54) is 6.33 Å². The van der Waals surface area contributed by atoms with Gasteiger partial charge in [-0.1, -0.05) is 5.16 Å². The zero-order chi connectivity index (χ0) is 14.4. The molecule has 20 heavy (non-hydrogen) atoms. The molecule has 1 heterocycles. The van der Waals surface area contributed by atoms with Gasteiger partial charge < -0.3 is 20.9 Å². The highest BCUT2D eigenvalue weighted by Crippen LogP contribution is 2.19. The Labute approximate surface area is 116 Å². The van der Waals surface area contributed by atoms with Crippen molar-refractivity contribution in [2.75, 3.05) is 24.1 Å². The number of hydrogen-bond donors (Lipinski definition) is 3. The van der Waals surface area contributed by atoms with E-state index in [9.17, 15) is 4.79 Å². The molecule has 0 unspecified atom stereocenters. The van der Waals surface area contributed by atoms with Crippen LogP contribution in [-0.2, 0) is 6.42 Å². The van der Waals surface area contributed by atoms with Gasteiger partial charge in [-0.05, 0) is 25.1 Å². The predicted molar refractivity (Wildman–Crippen MR) is 75.4 cm³/mol. The molecular formula is C13H17N5O2. The van der Waals surface area contributed by atoms with E-state index in [0.717, 1.165) is 5.69 Å². The van der Waals surface area contributed by atoms with E-state index in [1.54, 1.807) is 18.2 Å². The summed E-state index contributed by atoms with van der Waals surface area (Å²) in [5.41, 5.74) is 7.77. The number of aromatic nitrogens is 2. The molecule has 0 saturated carbocycles. The Morgan fingerprint density at radius 2 is 2.30 bits per heavy atom. The third-order valence-corrected chi connectivity index (χ3v) is 2.71. The Morgan fingerprint density at radius 3 is 2.95 bits per heavy atom. The summed E-state index contributed by atoms with van der Waals surface area (Å²) in [6.45, 7) is 3.07. The third kappa shape index (κ3) is 3.47. The maximum absolute atomic E-state index is 11.7. The highest BCUT2D eigenvalue weighted by molar-refractivity contribution is 5.96. The minimum absolute atomic E-state index is 0.128. The van der Waals surface area contributed by atoms with Crippen LogP contribution in [0.1, 0.15) is 23.2 Å². The van der Waals surface area contributed by atoms with Gasteiger partial charge in [-0.3, -0.25) is 4.79 Å². The molecule has 0 spiro atoms. The molecule has 7 heteroatoms. The van der Waals surface area contributed by atoms with Gasteiger partial charge in [0.25, 0.3) is 5.91 Å². The number of hydrogen-bond acceptors (Lipinski definition) is 6. The first kappa shape index (κ1) is 13.9. The Morgan fingerprint density at radius 1 is 1.45 bits per heavy atom. The summed E-state index contributed by atoms with van der Waals surface area (Å²) in [6.07, 6.45) is 1.97. The van der Waals surface area contributed by atoms with Crippen molar-refractivity contribution in [2.45, 2.75) is 13.3 Å². The standard InChI is InChI=1S/C13H17N5O2/c1-2-15-13(19)9-3-4-11(10(14)7-9)16-6-5-12-17-8-18-20-12/h3-4,7-8,16H,2,5-6,14H2,1H3,(H,15,19). The Hall–Kier alpha value is -2.57. The number of nitrogens with two attached hydrogens (primary N) is 1. The average Bonchev–Trinajstić information content (AvgIpc) is 2.94. The van der Waals surface area contributed by atoms with Gasteiger partial charge >= 0.3 is 0 Å². The number of nitrogens with one attached hydrogen (secondary N) is 2. The van der Waals surface area contributed by atoms with Crippen LogP contribution in [-0.4, -0.2) is 29.1 Å². The number of nitrogens with zero attached hydrogens (tertiary/aromatic N) is 2. The molecule has 0 atom stereocenters. The lowest BCUT2D eigenvalue weighted by Gasteiger charge is -2.10. The zero-order valence-corrected chi connectivity index (χ0v) is 11.2. The summed E-state index contributed by atoms with van der Waals surface area (Å²) in [7, 11) is 0. The smallest absolute Gasteiger partial charge is 0.251 e. The number of carbonyl (C=O) groups excluding carboxylic acids is 1. The Kier molecular flexibility index (Phi) is 4.54. The molecule has 0 aliphatic rings. The summed E-state index contributed by atoms with van der Waals surface area (Å²) in [5, 5.41) is 9.42. The summed E-state index contributed by atoms with van der Waals surface area (Å²) < 4.78 is 4.89. The van der Waals surface area contributed by atoms with E-state index >= 15 is 0 Å². The second-order valence-electron chi connectivity index (χ2n) is 4.17. The van der Waals surface area contributed by atoms with Gasteiger partial charge in [0.15, 0.2) is 6.33 Å². The first-order valence-electron chi connectivity index (χ1n) is 6.38. The molecule has 2 aromatic rings. The molecule has 1 aromatic heterocycles. The fourth-order valence-corrected chi connectivity index (χ4v) is 1.74. The topological polar surface area (TPSA) is 106 Å². The number of nitrogen functional groups attached to an aromatic ring is 1. The SMILES string of the molecule is CCNC(=O)c1ccc(NCCc2ncno2)c(N)c1. The van der Waals surface area contributed by atoms with Crippen LogP contribution in [0.25, 0.3) is 0 Å². The van der Waals surface area contributed by atoms with Gasteiger partial charge in [0.2, 0.25) is 5.89 Å². The predicted octanol–water partition coefficient (Wildman–Crippen LogP) is 1.06. The van der Waals surface area contributed by atoms with E-state index in [-0.39, 0.29) is 5.91 Å². The highest BCUT2D eigenvalue weighted by Gasteiger charge is 2.07. The van der Waals surface area contributed by atoms with Crippen LogP contribution >= 0.6 is 0 Å². The van der Waals surface area contributed by atoms with E-state index in [0.29, 0.717) is 36.7 Å². The van der Waals surface area contributed by atoms with Crippen molar-refractivity contribution < 1.29 is 9.32 Å². The van der Waals surface area contributed by atoms with Gasteiger partial charge in [-0.25, -0.2) is 0 Å². The van der Waals surface area contributed by atoms with Crippen molar-refractivity contribution in [3.05, 3.63) is 36.0 Å².